The van der Waals surface area contributed by atoms with Crippen LogP contribution in [-0.2, 0) is 4.79 Å². The van der Waals surface area contributed by atoms with Crippen LogP contribution in [0.2, 0.25) is 0 Å². The van der Waals surface area contributed by atoms with Crippen molar-refractivity contribution in [1.82, 2.24) is 4.90 Å². The lowest BCUT2D eigenvalue weighted by Gasteiger charge is -2.29. The quantitative estimate of drug-likeness (QED) is 0.766. The summed E-state index contributed by atoms with van der Waals surface area (Å²) in [4.78, 5) is 38.0. The summed E-state index contributed by atoms with van der Waals surface area (Å²) in [7, 11) is 0. The fourth-order valence-corrected chi connectivity index (χ4v) is 3.22. The van der Waals surface area contributed by atoms with Gasteiger partial charge in [-0.1, -0.05) is 12.1 Å². The molecule has 7 heteroatoms. The lowest BCUT2D eigenvalue weighted by molar-refractivity contribution is -0.123. The topological polar surface area (TPSA) is 107 Å². The van der Waals surface area contributed by atoms with Crippen molar-refractivity contribution in [3.63, 3.8) is 0 Å². The molecule has 7 nitrogen and oxygen atoms in total. The molecular weight excluding hydrogens is 324 g/mol. The van der Waals surface area contributed by atoms with Crippen LogP contribution in [-0.4, -0.2) is 29.8 Å². The number of hydrogen-bond acceptors (Lipinski definition) is 5. The van der Waals surface area contributed by atoms with Gasteiger partial charge in [-0.2, -0.15) is 0 Å². The molecule has 25 heavy (non-hydrogen) atoms. The van der Waals surface area contributed by atoms with Gasteiger partial charge in [-0.3, -0.25) is 14.4 Å². The second-order valence-electron chi connectivity index (χ2n) is 6.21. The maximum absolute atomic E-state index is 12.6. The molecule has 2 N–H and O–H groups in total. The number of nitrogens with two attached hydrogens (primary N) is 1. The number of para-hydroxylation sites is 1. The first-order valence-electron chi connectivity index (χ1n) is 8.08. The van der Waals surface area contributed by atoms with E-state index in [0.717, 1.165) is 0 Å². The molecule has 128 valence electrons. The highest BCUT2D eigenvalue weighted by Gasteiger charge is 2.28. The van der Waals surface area contributed by atoms with Crippen LogP contribution in [0, 0.1) is 5.92 Å². The lowest BCUT2D eigenvalue weighted by Crippen LogP contribution is -2.41. The summed E-state index contributed by atoms with van der Waals surface area (Å²) in [5.74, 6) is -0.758. The van der Waals surface area contributed by atoms with Gasteiger partial charge in [0.2, 0.25) is 11.3 Å². The van der Waals surface area contributed by atoms with Crippen LogP contribution < -0.4 is 11.2 Å². The molecule has 3 aromatic rings. The van der Waals surface area contributed by atoms with E-state index in [2.05, 4.69) is 0 Å². The second kappa shape index (κ2) is 5.77. The molecule has 2 aromatic heterocycles. The summed E-state index contributed by atoms with van der Waals surface area (Å²) < 4.78 is 11.1. The van der Waals surface area contributed by atoms with Crippen molar-refractivity contribution in [2.45, 2.75) is 12.8 Å². The summed E-state index contributed by atoms with van der Waals surface area (Å²) >= 11 is 0. The highest BCUT2D eigenvalue weighted by molar-refractivity contribution is 5.97. The van der Waals surface area contributed by atoms with Crippen LogP contribution in [0.25, 0.3) is 22.1 Å². The Balaban J connectivity index is 1.67. The normalized spacial score (nSPS) is 15.8. The highest BCUT2D eigenvalue weighted by Crippen LogP contribution is 2.24. The number of benzene rings is 1. The van der Waals surface area contributed by atoms with Crippen molar-refractivity contribution in [2.24, 2.45) is 11.7 Å². The number of fused-ring (bicyclic) bond motifs is 2. The number of piperidine rings is 1. The molecule has 0 aliphatic carbocycles. The van der Waals surface area contributed by atoms with E-state index in [9.17, 15) is 14.4 Å². The van der Waals surface area contributed by atoms with Gasteiger partial charge in [-0.05, 0) is 25.0 Å². The SMILES string of the molecule is NC(=O)C1CCN(C(=O)c2cc3c(=O)c4ccccc4oc3o2)CC1. The predicted octanol–water partition coefficient (Wildman–Crippen LogP) is 1.88. The Hall–Kier alpha value is -3.09. The minimum Gasteiger partial charge on any atom is -0.425 e. The largest absolute Gasteiger partial charge is 0.425 e. The summed E-state index contributed by atoms with van der Waals surface area (Å²) in [5.41, 5.74) is 5.49. The van der Waals surface area contributed by atoms with E-state index in [1.807, 2.05) is 0 Å². The van der Waals surface area contributed by atoms with Gasteiger partial charge in [0.1, 0.15) is 11.0 Å². The van der Waals surface area contributed by atoms with Crippen molar-refractivity contribution in [3.05, 3.63) is 46.3 Å². The van der Waals surface area contributed by atoms with E-state index >= 15 is 0 Å². The van der Waals surface area contributed by atoms with Crippen LogP contribution in [0.1, 0.15) is 23.4 Å². The van der Waals surface area contributed by atoms with E-state index in [4.69, 9.17) is 14.6 Å². The fourth-order valence-electron chi connectivity index (χ4n) is 3.22. The van der Waals surface area contributed by atoms with E-state index < -0.39 is 0 Å². The minimum atomic E-state index is -0.336. The molecule has 0 radical (unpaired) electrons. The van der Waals surface area contributed by atoms with Gasteiger partial charge < -0.3 is 19.5 Å². The maximum Gasteiger partial charge on any atom is 0.302 e. The first-order valence-corrected chi connectivity index (χ1v) is 8.08. The molecule has 1 fully saturated rings. The zero-order valence-corrected chi connectivity index (χ0v) is 13.4. The Labute approximate surface area is 142 Å². The second-order valence-corrected chi connectivity index (χ2v) is 6.21. The van der Waals surface area contributed by atoms with Gasteiger partial charge >= 0.3 is 5.78 Å². The van der Waals surface area contributed by atoms with Crippen LogP contribution in [0.3, 0.4) is 0 Å². The third-order valence-corrected chi connectivity index (χ3v) is 4.67. The number of rotatable bonds is 2. The number of hydrogen-bond donors (Lipinski definition) is 1. The van der Waals surface area contributed by atoms with Crippen molar-refractivity contribution in [1.29, 1.82) is 0 Å². The summed E-state index contributed by atoms with van der Waals surface area (Å²) in [6.07, 6.45) is 1.06. The zero-order chi connectivity index (χ0) is 17.6. The smallest absolute Gasteiger partial charge is 0.302 e. The summed E-state index contributed by atoms with van der Waals surface area (Å²) in [6.45, 7) is 0.847. The van der Waals surface area contributed by atoms with Gasteiger partial charge in [-0.25, -0.2) is 0 Å². The van der Waals surface area contributed by atoms with Crippen molar-refractivity contribution in [2.75, 3.05) is 13.1 Å². The van der Waals surface area contributed by atoms with E-state index in [1.54, 1.807) is 29.2 Å². The Bertz CT molecular complexity index is 1040. The number of furan rings is 1. The van der Waals surface area contributed by atoms with Crippen LogP contribution in [0.15, 0.2) is 44.0 Å². The highest BCUT2D eigenvalue weighted by atomic mass is 16.5. The number of likely N-dealkylation sites (tertiary alicyclic amines) is 1. The Morgan fingerprint density at radius 1 is 1.08 bits per heavy atom. The first kappa shape index (κ1) is 15.4. The first-order chi connectivity index (χ1) is 12.0. The maximum atomic E-state index is 12.6. The monoisotopic (exact) mass is 340 g/mol. The molecule has 0 spiro atoms. The minimum absolute atomic E-state index is 0.0408. The van der Waals surface area contributed by atoms with Gasteiger partial charge in [0.15, 0.2) is 5.76 Å². The number of carbonyl (C=O) groups excluding carboxylic acids is 2. The Morgan fingerprint density at radius 3 is 2.52 bits per heavy atom. The molecule has 0 bridgehead atoms. The number of primary amides is 1. The molecule has 3 heterocycles. The Morgan fingerprint density at radius 2 is 1.80 bits per heavy atom. The van der Waals surface area contributed by atoms with Crippen LogP contribution >= 0.6 is 0 Å². The average Bonchev–Trinajstić information content (AvgIpc) is 3.06. The third-order valence-electron chi connectivity index (χ3n) is 4.67. The number of amides is 2. The lowest BCUT2D eigenvalue weighted by atomic mass is 9.96. The number of nitrogens with zero attached hydrogens (tertiary/aromatic N) is 1. The van der Waals surface area contributed by atoms with E-state index in [1.165, 1.54) is 6.07 Å². The molecule has 0 atom stereocenters. The molecule has 0 unspecified atom stereocenters. The van der Waals surface area contributed by atoms with Gasteiger partial charge in [0.05, 0.1) is 5.39 Å². The molecular formula is C18H16N2O5. The predicted molar refractivity (Wildman–Crippen MR) is 90.1 cm³/mol. The average molecular weight is 340 g/mol. The Kier molecular flexibility index (Phi) is 3.56. The van der Waals surface area contributed by atoms with Crippen LogP contribution in [0.4, 0.5) is 0 Å². The van der Waals surface area contributed by atoms with Gasteiger partial charge in [0.25, 0.3) is 5.91 Å². The molecule has 1 aromatic carbocycles. The number of carbonyl (C=O) groups is 2. The summed E-state index contributed by atoms with van der Waals surface area (Å²) in [5, 5.41) is 0.686. The van der Waals surface area contributed by atoms with Gasteiger partial charge in [-0.15, -0.1) is 0 Å². The summed E-state index contributed by atoms with van der Waals surface area (Å²) in [6, 6.07) is 8.28. The van der Waals surface area contributed by atoms with E-state index in [-0.39, 0.29) is 40.1 Å². The zero-order valence-electron chi connectivity index (χ0n) is 13.4. The third kappa shape index (κ3) is 2.57. The molecule has 2 amide bonds. The van der Waals surface area contributed by atoms with Crippen molar-refractivity contribution < 1.29 is 18.4 Å². The molecule has 0 saturated carbocycles. The fraction of sp³-hybridized carbons (Fsp3) is 0.278. The molecule has 4 rings (SSSR count). The van der Waals surface area contributed by atoms with E-state index in [0.29, 0.717) is 36.9 Å². The van der Waals surface area contributed by atoms with Crippen LogP contribution in [0.5, 0.6) is 0 Å². The van der Waals surface area contributed by atoms with Gasteiger partial charge in [0, 0.05) is 25.1 Å². The molecule has 1 aliphatic rings. The van der Waals surface area contributed by atoms with Crippen molar-refractivity contribution in [3.8, 4) is 0 Å². The molecule has 1 aliphatic heterocycles. The molecule has 1 saturated heterocycles. The standard InChI is InChI=1S/C18H16N2O5/c19-16(22)10-5-7-20(8-6-10)17(23)14-9-12-15(21)11-3-1-2-4-13(11)24-18(12)25-14/h1-4,9-10H,5-8H2,(H2,19,22). The van der Waals surface area contributed by atoms with Crippen molar-refractivity contribution >= 4 is 33.9 Å².